The smallest absolute Gasteiger partial charge is 0.380 e. The van der Waals surface area contributed by atoms with Crippen LogP contribution in [0.25, 0.3) is 0 Å². The van der Waals surface area contributed by atoms with E-state index in [1.165, 1.54) is 32.1 Å². The van der Waals surface area contributed by atoms with Crippen molar-refractivity contribution >= 4 is 28.6 Å². The minimum absolute atomic E-state index is 0.00838. The zero-order valence-electron chi connectivity index (χ0n) is 20.8. The first-order valence-electron chi connectivity index (χ1n) is 12.6. The summed E-state index contributed by atoms with van der Waals surface area (Å²) in [5.41, 5.74) is 0. The minimum atomic E-state index is -2.52. The molecule has 0 aliphatic carbocycles. The fraction of sp³-hybridized carbons (Fsp3) is 1.00. The average molecular weight is 507 g/mol. The van der Waals surface area contributed by atoms with Gasteiger partial charge in [0, 0.05) is 56.1 Å². The summed E-state index contributed by atoms with van der Waals surface area (Å²) in [6.45, 7) is 3.36. The van der Waals surface area contributed by atoms with E-state index in [1.54, 1.807) is 21.3 Å². The van der Waals surface area contributed by atoms with Crippen LogP contribution in [0.2, 0.25) is 12.1 Å². The largest absolute Gasteiger partial charge is 0.499 e. The van der Waals surface area contributed by atoms with E-state index in [0.717, 1.165) is 67.8 Å². The predicted octanol–water partition coefficient (Wildman–Crippen LogP) is 1.56. The van der Waals surface area contributed by atoms with Gasteiger partial charge in [0.25, 0.3) is 0 Å². The summed E-state index contributed by atoms with van der Waals surface area (Å²) >= 11 is 0. The molecule has 0 saturated carbocycles. The predicted molar refractivity (Wildman–Crippen MR) is 133 cm³/mol. The summed E-state index contributed by atoms with van der Waals surface area (Å²) in [5.74, 6) is 0. The van der Waals surface area contributed by atoms with Crippen molar-refractivity contribution in [3.63, 3.8) is 0 Å². The maximum Gasteiger partial charge on any atom is 0.499 e. The maximum atomic E-state index is 6.57. The molecule has 3 rings (SSSR count). The summed E-state index contributed by atoms with van der Waals surface area (Å²) < 4.78 is 41.6. The Labute approximate surface area is 201 Å². The van der Waals surface area contributed by atoms with Crippen LogP contribution in [0.1, 0.15) is 57.8 Å². The summed E-state index contributed by atoms with van der Waals surface area (Å²) in [5, 5.41) is 0.142. The van der Waals surface area contributed by atoms with Crippen LogP contribution in [-0.2, 0) is 32.2 Å². The Bertz CT molecular complexity index is 525. The molecule has 4 unspecified atom stereocenters. The van der Waals surface area contributed by atoms with E-state index in [-0.39, 0.29) is 16.6 Å². The van der Waals surface area contributed by atoms with Gasteiger partial charge in [-0.15, -0.1) is 0 Å². The third-order valence-electron chi connectivity index (χ3n) is 7.55. The van der Waals surface area contributed by atoms with Gasteiger partial charge in [-0.25, -0.2) is 0 Å². The van der Waals surface area contributed by atoms with Gasteiger partial charge in [0.15, 0.2) is 0 Å². The zero-order valence-corrected chi connectivity index (χ0v) is 25.2. The van der Waals surface area contributed by atoms with Crippen molar-refractivity contribution in [3.8, 4) is 0 Å². The van der Waals surface area contributed by atoms with Crippen LogP contribution in [-0.4, -0.2) is 99.0 Å². The van der Waals surface area contributed by atoms with Crippen LogP contribution in [0.4, 0.5) is 0 Å². The highest BCUT2D eigenvalue weighted by Gasteiger charge is 2.41. The van der Waals surface area contributed by atoms with Gasteiger partial charge >= 0.3 is 8.80 Å². The Hall–Kier alpha value is 0.371. The van der Waals surface area contributed by atoms with Crippen molar-refractivity contribution in [1.29, 1.82) is 0 Å². The first-order chi connectivity index (χ1) is 15.5. The van der Waals surface area contributed by atoms with E-state index in [2.05, 4.69) is 0 Å². The second-order valence-corrected chi connectivity index (χ2v) is 17.5. The van der Waals surface area contributed by atoms with Crippen molar-refractivity contribution in [3.05, 3.63) is 0 Å². The van der Waals surface area contributed by atoms with Crippen LogP contribution in [0, 0.1) is 0 Å². The number of hydrogen-bond acceptors (Lipinski definition) is 7. The molecule has 32 heavy (non-hydrogen) atoms. The molecule has 0 N–H and O–H groups in total. The lowest BCUT2D eigenvalue weighted by Crippen LogP contribution is -2.48. The molecular weight excluding hydrogens is 460 g/mol. The van der Waals surface area contributed by atoms with Crippen molar-refractivity contribution in [2.75, 3.05) is 47.8 Å². The van der Waals surface area contributed by atoms with Gasteiger partial charge in [-0.3, -0.25) is 0 Å². The Kier molecular flexibility index (Phi) is 10.9. The highest BCUT2D eigenvalue weighted by atomic mass is 28.4. The van der Waals surface area contributed by atoms with Crippen molar-refractivity contribution in [2.24, 2.45) is 0 Å². The highest BCUT2D eigenvalue weighted by molar-refractivity contribution is 6.62. The molecule has 7 nitrogen and oxygen atoms in total. The van der Waals surface area contributed by atoms with Crippen molar-refractivity contribution in [1.82, 2.24) is 0 Å². The Balaban J connectivity index is 1.60. The van der Waals surface area contributed by atoms with E-state index in [1.807, 2.05) is 0 Å². The fourth-order valence-corrected chi connectivity index (χ4v) is 11.6. The molecule has 3 fully saturated rings. The lowest BCUT2D eigenvalue weighted by Gasteiger charge is -2.41. The zero-order chi connectivity index (χ0) is 22.9. The second-order valence-electron chi connectivity index (χ2n) is 10.0. The maximum absolute atomic E-state index is 6.57. The van der Waals surface area contributed by atoms with Crippen LogP contribution in [0.5, 0.6) is 0 Å². The molecule has 4 atom stereocenters. The summed E-state index contributed by atoms with van der Waals surface area (Å²) in [6.07, 6.45) is 11.0. The number of epoxide rings is 1. The molecule has 3 heterocycles. The topological polar surface area (TPSA) is 67.9 Å². The average Bonchev–Trinajstić information content (AvgIpc) is 3.65. The number of ether oxygens (including phenoxy) is 4. The van der Waals surface area contributed by atoms with Gasteiger partial charge in [0.2, 0.25) is 0 Å². The monoisotopic (exact) mass is 506 g/mol. The summed E-state index contributed by atoms with van der Waals surface area (Å²) in [7, 11) is 3.14. The van der Waals surface area contributed by atoms with Gasteiger partial charge in [0.05, 0.1) is 34.1 Å². The van der Waals surface area contributed by atoms with Crippen LogP contribution < -0.4 is 0 Å². The molecule has 0 spiro atoms. The first-order valence-corrected chi connectivity index (χ1v) is 17.3. The van der Waals surface area contributed by atoms with Gasteiger partial charge in [0.1, 0.15) is 6.10 Å². The fourth-order valence-electron chi connectivity index (χ4n) is 5.28. The molecule has 0 radical (unpaired) electrons. The highest BCUT2D eigenvalue weighted by Crippen LogP contribution is 2.35. The summed E-state index contributed by atoms with van der Waals surface area (Å²) in [4.78, 5) is 0. The molecule has 10 heteroatoms. The Morgan fingerprint density at radius 2 is 1.72 bits per heavy atom. The van der Waals surface area contributed by atoms with E-state index in [0.29, 0.717) is 12.7 Å². The number of rotatable bonds is 15. The van der Waals surface area contributed by atoms with Gasteiger partial charge in [-0.2, -0.15) is 0 Å². The van der Waals surface area contributed by atoms with Crippen LogP contribution in [0.3, 0.4) is 0 Å². The van der Waals surface area contributed by atoms with Crippen molar-refractivity contribution < 1.29 is 32.2 Å². The number of hydrogen-bond donors (Lipinski definition) is 0. The summed E-state index contributed by atoms with van der Waals surface area (Å²) in [6, 6.07) is 1.97. The molecule has 3 aliphatic heterocycles. The van der Waals surface area contributed by atoms with Crippen molar-refractivity contribution in [2.45, 2.75) is 92.5 Å². The molecule has 0 aromatic heterocycles. The van der Waals surface area contributed by atoms with E-state index >= 15 is 0 Å². The SMILES string of the molecule is CO[Si](CC[SiH2]C1(CC(CCC2([SiH3])CCCCO2)OCC2CO2)CCCCO1)(OC)OC. The van der Waals surface area contributed by atoms with Gasteiger partial charge < -0.3 is 32.2 Å². The molecule has 3 aliphatic rings. The normalized spacial score (nSPS) is 32.5. The molecule has 3 saturated heterocycles. The van der Waals surface area contributed by atoms with E-state index < -0.39 is 18.3 Å². The minimum Gasteiger partial charge on any atom is -0.380 e. The van der Waals surface area contributed by atoms with Crippen LogP contribution in [0.15, 0.2) is 0 Å². The van der Waals surface area contributed by atoms with Gasteiger partial charge in [-0.1, -0.05) is 6.04 Å². The molecule has 0 aromatic rings. The van der Waals surface area contributed by atoms with E-state index in [9.17, 15) is 0 Å². The molecule has 0 amide bonds. The quantitative estimate of drug-likeness (QED) is 0.247. The molecule has 0 aromatic carbocycles. The van der Waals surface area contributed by atoms with Gasteiger partial charge in [-0.05, 0) is 57.8 Å². The molecular formula is C22H46O7Si3. The second kappa shape index (κ2) is 12.9. The van der Waals surface area contributed by atoms with E-state index in [4.69, 9.17) is 32.2 Å². The third kappa shape index (κ3) is 8.24. The standard InChI is InChI=1S/C22H46O7Si3/c1-23-32(24-2,25-3)15-14-31-22(10-5-7-13-29-22)16-19(26-17-20-18-27-20)8-11-21(30)9-4-6-12-28-21/h19-20H,4-18,31H2,1-3,30H3. The lowest BCUT2D eigenvalue weighted by atomic mass is 9.96. The van der Waals surface area contributed by atoms with Crippen LogP contribution >= 0.6 is 0 Å². The molecule has 0 bridgehead atoms. The first kappa shape index (κ1) is 27.0. The molecule has 188 valence electrons. The third-order valence-corrected chi connectivity index (χ3v) is 14.8. The Morgan fingerprint density at radius 3 is 2.28 bits per heavy atom. The lowest BCUT2D eigenvalue weighted by molar-refractivity contribution is -0.0770. The Morgan fingerprint density at radius 1 is 1.03 bits per heavy atom.